The molecule has 0 saturated carbocycles. The monoisotopic (exact) mass is 208 g/mol. The summed E-state index contributed by atoms with van der Waals surface area (Å²) in [6.07, 6.45) is 2.54. The third-order valence-electron chi connectivity index (χ3n) is 3.12. The van der Waals surface area contributed by atoms with Crippen molar-refractivity contribution in [3.05, 3.63) is 0 Å². The predicted octanol–water partition coefficient (Wildman–Crippen LogP) is 1.19. The highest BCUT2D eigenvalue weighted by Crippen LogP contribution is 2.49. The van der Waals surface area contributed by atoms with E-state index in [2.05, 4.69) is 5.32 Å². The summed E-state index contributed by atoms with van der Waals surface area (Å²) in [5.41, 5.74) is -0.721. The maximum atomic E-state index is 13.5. The average molecular weight is 208 g/mol. The molecule has 2 fully saturated rings. The number of hydrogen-bond acceptors (Lipinski definition) is 3. The normalized spacial score (nSPS) is 31.6. The zero-order valence-electron chi connectivity index (χ0n) is 7.65. The molecular formula is C8H14F2N2S. The highest BCUT2D eigenvalue weighted by atomic mass is 32.2. The van der Waals surface area contributed by atoms with E-state index >= 15 is 0 Å². The van der Waals surface area contributed by atoms with E-state index in [1.54, 1.807) is 11.9 Å². The van der Waals surface area contributed by atoms with E-state index in [-0.39, 0.29) is 6.54 Å². The molecule has 0 bridgehead atoms. The third kappa shape index (κ3) is 1.37. The third-order valence-corrected chi connectivity index (χ3v) is 3.89. The Morgan fingerprint density at radius 2 is 2.08 bits per heavy atom. The second-order valence-corrected chi connectivity index (χ2v) is 4.77. The molecule has 0 unspecified atom stereocenters. The van der Waals surface area contributed by atoms with Crippen molar-refractivity contribution in [1.29, 1.82) is 0 Å². The molecule has 2 rings (SSSR count). The fraction of sp³-hybridized carbons (Fsp3) is 1.00. The van der Waals surface area contributed by atoms with E-state index in [9.17, 15) is 8.78 Å². The molecule has 0 atom stereocenters. The molecule has 0 aromatic rings. The van der Waals surface area contributed by atoms with Gasteiger partial charge in [0.25, 0.3) is 5.92 Å². The van der Waals surface area contributed by atoms with Gasteiger partial charge in [0, 0.05) is 13.1 Å². The molecular weight excluding hydrogens is 194 g/mol. The molecule has 2 aliphatic heterocycles. The Morgan fingerprint density at radius 1 is 1.38 bits per heavy atom. The molecule has 0 aromatic heterocycles. The van der Waals surface area contributed by atoms with Crippen LogP contribution in [0.3, 0.4) is 0 Å². The molecule has 5 heteroatoms. The molecule has 2 heterocycles. The first-order valence-electron chi connectivity index (χ1n) is 4.47. The Labute approximate surface area is 81.2 Å². The second kappa shape index (κ2) is 3.07. The van der Waals surface area contributed by atoms with E-state index in [0.29, 0.717) is 19.5 Å². The van der Waals surface area contributed by atoms with Gasteiger partial charge in [-0.2, -0.15) is 0 Å². The van der Waals surface area contributed by atoms with Gasteiger partial charge >= 0.3 is 0 Å². The molecule has 0 radical (unpaired) electrons. The van der Waals surface area contributed by atoms with E-state index in [4.69, 9.17) is 0 Å². The molecule has 0 aliphatic carbocycles. The minimum atomic E-state index is -2.52. The van der Waals surface area contributed by atoms with E-state index in [0.717, 1.165) is 6.54 Å². The Hall–Kier alpha value is 0.130. The zero-order valence-corrected chi connectivity index (χ0v) is 8.46. The number of alkyl halides is 2. The molecule has 13 heavy (non-hydrogen) atoms. The van der Waals surface area contributed by atoms with Crippen LogP contribution in [0, 0.1) is 5.41 Å². The standard InChI is InChI=1S/C8H14F2N2S/c1-13-12-5-7(6-12)2-3-11-4-8(7,9)10/h11H,2-6H2,1H3. The van der Waals surface area contributed by atoms with Gasteiger partial charge in [-0.15, -0.1) is 0 Å². The van der Waals surface area contributed by atoms with Crippen LogP contribution in [-0.4, -0.2) is 42.7 Å². The van der Waals surface area contributed by atoms with Crippen LogP contribution in [0.4, 0.5) is 8.78 Å². The van der Waals surface area contributed by atoms with Gasteiger partial charge < -0.3 is 5.32 Å². The van der Waals surface area contributed by atoms with Crippen LogP contribution in [0.25, 0.3) is 0 Å². The van der Waals surface area contributed by atoms with Gasteiger partial charge in [-0.1, -0.05) is 11.9 Å². The summed E-state index contributed by atoms with van der Waals surface area (Å²) in [5, 5.41) is 2.76. The van der Waals surface area contributed by atoms with Crippen molar-refractivity contribution in [2.75, 3.05) is 32.4 Å². The van der Waals surface area contributed by atoms with Gasteiger partial charge in [-0.25, -0.2) is 13.1 Å². The van der Waals surface area contributed by atoms with Crippen LogP contribution in [0.2, 0.25) is 0 Å². The highest BCUT2D eigenvalue weighted by molar-refractivity contribution is 7.96. The second-order valence-electron chi connectivity index (χ2n) is 3.89. The predicted molar refractivity (Wildman–Crippen MR) is 50.0 cm³/mol. The maximum absolute atomic E-state index is 13.5. The van der Waals surface area contributed by atoms with Gasteiger partial charge in [0.15, 0.2) is 0 Å². The number of piperidine rings is 1. The summed E-state index contributed by atoms with van der Waals surface area (Å²) in [6.45, 7) is 1.68. The van der Waals surface area contributed by atoms with Crippen molar-refractivity contribution in [1.82, 2.24) is 9.62 Å². The van der Waals surface area contributed by atoms with Gasteiger partial charge in [0.1, 0.15) is 0 Å². The van der Waals surface area contributed by atoms with Crippen molar-refractivity contribution < 1.29 is 8.78 Å². The van der Waals surface area contributed by atoms with Crippen LogP contribution in [0.1, 0.15) is 6.42 Å². The lowest BCUT2D eigenvalue weighted by Gasteiger charge is -2.55. The van der Waals surface area contributed by atoms with Crippen molar-refractivity contribution in [3.63, 3.8) is 0 Å². The number of nitrogens with one attached hydrogen (secondary N) is 1. The molecule has 1 N–H and O–H groups in total. The summed E-state index contributed by atoms with van der Waals surface area (Å²) < 4.78 is 29.0. The van der Waals surface area contributed by atoms with Crippen LogP contribution in [-0.2, 0) is 0 Å². The molecule has 2 saturated heterocycles. The lowest BCUT2D eigenvalue weighted by atomic mass is 9.71. The first-order valence-corrected chi connectivity index (χ1v) is 5.65. The molecule has 0 amide bonds. The Morgan fingerprint density at radius 3 is 2.62 bits per heavy atom. The van der Waals surface area contributed by atoms with Crippen molar-refractivity contribution in [2.24, 2.45) is 5.41 Å². The maximum Gasteiger partial charge on any atom is 0.268 e. The Balaban J connectivity index is 2.05. The number of halogens is 2. The van der Waals surface area contributed by atoms with Gasteiger partial charge in [-0.3, -0.25) is 0 Å². The van der Waals surface area contributed by atoms with Crippen LogP contribution in [0.5, 0.6) is 0 Å². The number of nitrogens with zero attached hydrogens (tertiary/aromatic N) is 1. The summed E-state index contributed by atoms with van der Waals surface area (Å²) in [7, 11) is 0. The van der Waals surface area contributed by atoms with Crippen LogP contribution < -0.4 is 5.32 Å². The Bertz CT molecular complexity index is 204. The first-order chi connectivity index (χ1) is 6.10. The van der Waals surface area contributed by atoms with Gasteiger partial charge in [-0.05, 0) is 19.2 Å². The van der Waals surface area contributed by atoms with Crippen molar-refractivity contribution >= 4 is 11.9 Å². The quantitative estimate of drug-likeness (QED) is 0.652. The summed E-state index contributed by atoms with van der Waals surface area (Å²) in [4.78, 5) is 0. The molecule has 1 spiro atoms. The fourth-order valence-electron chi connectivity index (χ4n) is 2.09. The molecule has 0 aromatic carbocycles. The lowest BCUT2D eigenvalue weighted by Crippen LogP contribution is -2.68. The van der Waals surface area contributed by atoms with Crippen molar-refractivity contribution in [2.45, 2.75) is 12.3 Å². The summed E-state index contributed by atoms with van der Waals surface area (Å²) in [6, 6.07) is 0. The summed E-state index contributed by atoms with van der Waals surface area (Å²) >= 11 is 1.56. The minimum absolute atomic E-state index is 0.144. The summed E-state index contributed by atoms with van der Waals surface area (Å²) in [5.74, 6) is -2.52. The van der Waals surface area contributed by atoms with E-state index in [1.165, 1.54) is 0 Å². The van der Waals surface area contributed by atoms with Crippen molar-refractivity contribution in [3.8, 4) is 0 Å². The van der Waals surface area contributed by atoms with Gasteiger partial charge in [0.05, 0.1) is 12.0 Å². The SMILES string of the molecule is CSN1CC2(CCNCC2(F)F)C1. The Kier molecular flexibility index (Phi) is 2.28. The van der Waals surface area contributed by atoms with Gasteiger partial charge in [0.2, 0.25) is 0 Å². The molecule has 76 valence electrons. The topological polar surface area (TPSA) is 15.3 Å². The van der Waals surface area contributed by atoms with Crippen LogP contribution >= 0.6 is 11.9 Å². The van der Waals surface area contributed by atoms with E-state index in [1.807, 2.05) is 10.6 Å². The average Bonchev–Trinajstić information content (AvgIpc) is 2.00. The largest absolute Gasteiger partial charge is 0.311 e. The van der Waals surface area contributed by atoms with Crippen LogP contribution in [0.15, 0.2) is 0 Å². The molecule has 2 nitrogen and oxygen atoms in total. The lowest BCUT2D eigenvalue weighted by molar-refractivity contribution is -0.182. The highest BCUT2D eigenvalue weighted by Gasteiger charge is 2.60. The first kappa shape index (κ1) is 9.68. The van der Waals surface area contributed by atoms with E-state index < -0.39 is 11.3 Å². The fourth-order valence-corrected chi connectivity index (χ4v) is 2.84. The smallest absolute Gasteiger partial charge is 0.268 e. The number of hydrogen-bond donors (Lipinski definition) is 1. The number of rotatable bonds is 1. The zero-order chi connectivity index (χ0) is 9.53. The molecule has 2 aliphatic rings. The minimum Gasteiger partial charge on any atom is -0.311 e.